The van der Waals surface area contributed by atoms with Crippen molar-refractivity contribution in [3.63, 3.8) is 0 Å². The van der Waals surface area contributed by atoms with E-state index in [1.165, 1.54) is 17.0 Å². The first-order chi connectivity index (χ1) is 15.6. The molecule has 176 valence electrons. The largest absolute Gasteiger partial charge is 0.508 e. The monoisotopic (exact) mass is 452 g/mol. The molecule has 0 spiro atoms. The van der Waals surface area contributed by atoms with Crippen molar-refractivity contribution in [1.29, 1.82) is 0 Å². The zero-order valence-corrected chi connectivity index (χ0v) is 19.8. The third-order valence-electron chi connectivity index (χ3n) is 5.56. The van der Waals surface area contributed by atoms with Gasteiger partial charge in [0.25, 0.3) is 11.7 Å². The minimum Gasteiger partial charge on any atom is -0.508 e. The Morgan fingerprint density at radius 3 is 2.36 bits per heavy atom. The summed E-state index contributed by atoms with van der Waals surface area (Å²) in [5.41, 5.74) is 1.95. The second kappa shape index (κ2) is 10.1. The summed E-state index contributed by atoms with van der Waals surface area (Å²) in [7, 11) is 3.77. The summed E-state index contributed by atoms with van der Waals surface area (Å²) in [5.74, 6) is -0.427. The molecule has 1 saturated heterocycles. The lowest BCUT2D eigenvalue weighted by atomic mass is 9.94. The van der Waals surface area contributed by atoms with E-state index in [4.69, 9.17) is 4.74 Å². The molecule has 2 aromatic rings. The average Bonchev–Trinajstić information content (AvgIpc) is 3.01. The van der Waals surface area contributed by atoms with Crippen LogP contribution in [0.25, 0.3) is 5.76 Å². The summed E-state index contributed by atoms with van der Waals surface area (Å²) >= 11 is 0. The van der Waals surface area contributed by atoms with Crippen molar-refractivity contribution in [2.45, 2.75) is 26.8 Å². The van der Waals surface area contributed by atoms with Crippen LogP contribution >= 0.6 is 0 Å². The first-order valence-corrected chi connectivity index (χ1v) is 11.1. The van der Waals surface area contributed by atoms with Gasteiger partial charge in [-0.15, -0.1) is 0 Å². The lowest BCUT2D eigenvalue weighted by Crippen LogP contribution is -2.35. The molecule has 1 aliphatic heterocycles. The van der Waals surface area contributed by atoms with Gasteiger partial charge in [0.15, 0.2) is 0 Å². The van der Waals surface area contributed by atoms with Gasteiger partial charge >= 0.3 is 0 Å². The summed E-state index contributed by atoms with van der Waals surface area (Å²) in [5, 5.41) is 20.9. The number of hydrogen-bond acceptors (Lipinski definition) is 6. The van der Waals surface area contributed by atoms with Gasteiger partial charge in [-0.1, -0.05) is 26.0 Å². The number of Topliss-reactive ketones (excluding diaryl/α,β-unsaturated/α-hetero) is 1. The summed E-state index contributed by atoms with van der Waals surface area (Å²) in [4.78, 5) is 29.4. The normalized spacial score (nSPS) is 17.9. The van der Waals surface area contributed by atoms with Crippen LogP contribution in [0.4, 0.5) is 0 Å². The van der Waals surface area contributed by atoms with E-state index in [-0.39, 0.29) is 17.1 Å². The molecule has 1 fully saturated rings. The Labute approximate surface area is 194 Å². The van der Waals surface area contributed by atoms with Gasteiger partial charge in [-0.25, -0.2) is 0 Å². The van der Waals surface area contributed by atoms with Crippen LogP contribution in [0.1, 0.15) is 36.6 Å². The standard InChI is InChI=1S/C26H32N2O5/c1-16(2)15-33-21-11-8-19(14-17(21)3)24(30)22-23(18-6-9-20(29)10-7-18)28(13-12-27(4)5)26(32)25(22)31/h6-11,14,16,23,29-30H,12-13,15H2,1-5H3/t23-/m0/s1. The highest BCUT2D eigenvalue weighted by Gasteiger charge is 2.45. The number of ketones is 1. The lowest BCUT2D eigenvalue weighted by Gasteiger charge is -2.26. The van der Waals surface area contributed by atoms with Gasteiger partial charge < -0.3 is 24.7 Å². The van der Waals surface area contributed by atoms with Gasteiger partial charge in [0.05, 0.1) is 18.2 Å². The second-order valence-electron chi connectivity index (χ2n) is 9.07. The minimum atomic E-state index is -0.747. The molecular weight excluding hydrogens is 420 g/mol. The summed E-state index contributed by atoms with van der Waals surface area (Å²) in [6.07, 6.45) is 0. The van der Waals surface area contributed by atoms with Crippen molar-refractivity contribution in [2.24, 2.45) is 5.92 Å². The predicted octanol–water partition coefficient (Wildman–Crippen LogP) is 3.72. The lowest BCUT2D eigenvalue weighted by molar-refractivity contribution is -0.140. The molecule has 1 aliphatic rings. The molecule has 1 atom stereocenters. The molecule has 33 heavy (non-hydrogen) atoms. The van der Waals surface area contributed by atoms with Gasteiger partial charge in [0.2, 0.25) is 0 Å². The second-order valence-corrected chi connectivity index (χ2v) is 9.07. The fourth-order valence-electron chi connectivity index (χ4n) is 3.79. The number of likely N-dealkylation sites (tertiary alicyclic amines) is 1. The van der Waals surface area contributed by atoms with Gasteiger partial charge in [-0.05, 0) is 68.4 Å². The smallest absolute Gasteiger partial charge is 0.295 e. The van der Waals surface area contributed by atoms with Crippen LogP contribution < -0.4 is 4.74 Å². The highest BCUT2D eigenvalue weighted by Crippen LogP contribution is 2.40. The van der Waals surface area contributed by atoms with Crippen molar-refractivity contribution < 1.29 is 24.5 Å². The number of rotatable bonds is 8. The highest BCUT2D eigenvalue weighted by atomic mass is 16.5. The number of carbonyl (C=O) groups excluding carboxylic acids is 2. The van der Waals surface area contributed by atoms with Crippen molar-refractivity contribution in [2.75, 3.05) is 33.8 Å². The van der Waals surface area contributed by atoms with E-state index in [2.05, 4.69) is 13.8 Å². The number of nitrogens with zero attached hydrogens (tertiary/aromatic N) is 2. The third-order valence-corrected chi connectivity index (χ3v) is 5.56. The fraction of sp³-hybridized carbons (Fsp3) is 0.385. The predicted molar refractivity (Wildman–Crippen MR) is 127 cm³/mol. The number of phenolic OH excluding ortho intramolecular Hbond substituents is 1. The number of aryl methyl sites for hydroxylation is 1. The Bertz CT molecular complexity index is 1060. The Morgan fingerprint density at radius 2 is 1.79 bits per heavy atom. The molecule has 0 radical (unpaired) electrons. The number of carbonyl (C=O) groups is 2. The Hall–Kier alpha value is -3.32. The molecule has 2 aromatic carbocycles. The molecule has 3 rings (SSSR count). The van der Waals surface area contributed by atoms with E-state index in [1.54, 1.807) is 30.3 Å². The number of aliphatic hydroxyl groups is 1. The Morgan fingerprint density at radius 1 is 1.12 bits per heavy atom. The number of aromatic hydroxyl groups is 1. The van der Waals surface area contributed by atoms with E-state index in [0.29, 0.717) is 42.5 Å². The first-order valence-electron chi connectivity index (χ1n) is 11.1. The van der Waals surface area contributed by atoms with Crippen molar-refractivity contribution in [3.05, 3.63) is 64.7 Å². The van der Waals surface area contributed by atoms with Crippen LogP contribution in [0.15, 0.2) is 48.0 Å². The molecule has 0 aliphatic carbocycles. The number of benzene rings is 2. The van der Waals surface area contributed by atoms with Crippen LogP contribution in [-0.2, 0) is 9.59 Å². The SMILES string of the molecule is Cc1cc(C(O)=C2C(=O)C(=O)N(CCN(C)C)[C@H]2c2ccc(O)cc2)ccc1OCC(C)C. The maximum Gasteiger partial charge on any atom is 0.295 e. The number of ether oxygens (including phenoxy) is 1. The molecule has 1 heterocycles. The number of amides is 1. The van der Waals surface area contributed by atoms with Gasteiger partial charge in [-0.3, -0.25) is 9.59 Å². The van der Waals surface area contributed by atoms with E-state index >= 15 is 0 Å². The fourth-order valence-corrected chi connectivity index (χ4v) is 3.79. The van der Waals surface area contributed by atoms with E-state index < -0.39 is 17.7 Å². The Kier molecular flexibility index (Phi) is 7.43. The highest BCUT2D eigenvalue weighted by molar-refractivity contribution is 6.46. The molecule has 0 saturated carbocycles. The number of likely N-dealkylation sites (N-methyl/N-ethyl adjacent to an activating group) is 1. The Balaban J connectivity index is 2.06. The van der Waals surface area contributed by atoms with Crippen LogP contribution in [0.3, 0.4) is 0 Å². The van der Waals surface area contributed by atoms with Crippen molar-refractivity contribution >= 4 is 17.4 Å². The van der Waals surface area contributed by atoms with Crippen LogP contribution in [-0.4, -0.2) is 65.5 Å². The van der Waals surface area contributed by atoms with Crippen LogP contribution in [0, 0.1) is 12.8 Å². The average molecular weight is 453 g/mol. The molecular formula is C26H32N2O5. The maximum absolute atomic E-state index is 13.1. The topological polar surface area (TPSA) is 90.3 Å². The number of aliphatic hydroxyl groups excluding tert-OH is 1. The van der Waals surface area contributed by atoms with E-state index in [9.17, 15) is 19.8 Å². The molecule has 1 amide bonds. The quantitative estimate of drug-likeness (QED) is 0.360. The van der Waals surface area contributed by atoms with Crippen LogP contribution in [0.5, 0.6) is 11.5 Å². The van der Waals surface area contributed by atoms with Gasteiger partial charge in [0.1, 0.15) is 17.3 Å². The molecule has 0 aromatic heterocycles. The molecule has 0 unspecified atom stereocenters. The number of phenols is 1. The van der Waals surface area contributed by atoms with E-state index in [1.807, 2.05) is 25.9 Å². The molecule has 0 bridgehead atoms. The van der Waals surface area contributed by atoms with Crippen molar-refractivity contribution in [1.82, 2.24) is 9.80 Å². The van der Waals surface area contributed by atoms with Gasteiger partial charge in [-0.2, -0.15) is 0 Å². The minimum absolute atomic E-state index is 0.0414. The summed E-state index contributed by atoms with van der Waals surface area (Å²) < 4.78 is 5.81. The number of hydrogen-bond donors (Lipinski definition) is 2. The summed E-state index contributed by atoms with van der Waals surface area (Å²) in [6.45, 7) is 7.45. The van der Waals surface area contributed by atoms with Gasteiger partial charge in [0, 0.05) is 18.7 Å². The summed E-state index contributed by atoms with van der Waals surface area (Å²) in [6, 6.07) is 10.8. The molecule has 2 N–H and O–H groups in total. The van der Waals surface area contributed by atoms with E-state index in [0.717, 1.165) is 5.56 Å². The molecule has 7 heteroatoms. The maximum atomic E-state index is 13.1. The van der Waals surface area contributed by atoms with Crippen LogP contribution in [0.2, 0.25) is 0 Å². The zero-order valence-electron chi connectivity index (χ0n) is 19.8. The zero-order chi connectivity index (χ0) is 24.3. The molecule has 7 nitrogen and oxygen atoms in total. The first kappa shape index (κ1) is 24.3. The van der Waals surface area contributed by atoms with Crippen molar-refractivity contribution in [3.8, 4) is 11.5 Å². The third kappa shape index (κ3) is 5.37.